The first-order valence-corrected chi connectivity index (χ1v) is 12.8. The van der Waals surface area contributed by atoms with E-state index in [-0.39, 0.29) is 23.5 Å². The number of hydrogen-bond acceptors (Lipinski definition) is 8. The molecule has 0 bridgehead atoms. The minimum Gasteiger partial charge on any atom is -0.397 e. The molecule has 0 aromatic heterocycles. The van der Waals surface area contributed by atoms with E-state index < -0.39 is 23.5 Å². The highest BCUT2D eigenvalue weighted by atomic mass is 19.4. The number of carbonyl (C=O) groups excluding carboxylic acids is 1. The second-order valence-corrected chi connectivity index (χ2v) is 9.57. The van der Waals surface area contributed by atoms with Crippen molar-refractivity contribution < 1.29 is 22.4 Å². The van der Waals surface area contributed by atoms with Gasteiger partial charge in [-0.25, -0.2) is 20.2 Å². The van der Waals surface area contributed by atoms with Crippen LogP contribution in [0.3, 0.4) is 0 Å². The number of allylic oxidation sites excluding steroid dienone is 1. The molecule has 0 radical (unpaired) electrons. The maximum atomic E-state index is 15.0. The van der Waals surface area contributed by atoms with E-state index in [0.29, 0.717) is 36.0 Å². The monoisotopic (exact) mass is 574 g/mol. The van der Waals surface area contributed by atoms with E-state index in [9.17, 15) is 22.4 Å². The zero-order valence-electron chi connectivity index (χ0n) is 23.3. The number of halogens is 4. The van der Waals surface area contributed by atoms with E-state index >= 15 is 0 Å². The average Bonchev–Trinajstić information content (AvgIpc) is 3.21. The summed E-state index contributed by atoms with van der Waals surface area (Å²) in [4.78, 5) is 24.4. The van der Waals surface area contributed by atoms with Crippen molar-refractivity contribution >= 4 is 35.5 Å². The summed E-state index contributed by atoms with van der Waals surface area (Å²) in [6, 6.07) is 6.45. The lowest BCUT2D eigenvalue weighted by molar-refractivity contribution is -0.139. The number of amides is 1. The molecule has 5 N–H and O–H groups in total. The van der Waals surface area contributed by atoms with Crippen molar-refractivity contribution in [3.63, 3.8) is 0 Å². The van der Waals surface area contributed by atoms with Crippen molar-refractivity contribution in [2.24, 2.45) is 21.6 Å². The number of carbonyl (C=O) groups is 1. The molecule has 0 spiro atoms. The number of likely N-dealkylation sites (N-methyl/N-ethyl adjacent to an activating group) is 2. The molecule has 220 valence electrons. The van der Waals surface area contributed by atoms with Gasteiger partial charge >= 0.3 is 6.18 Å². The van der Waals surface area contributed by atoms with Gasteiger partial charge in [0, 0.05) is 62.0 Å². The smallest absolute Gasteiger partial charge is 0.397 e. The van der Waals surface area contributed by atoms with Crippen LogP contribution in [0.2, 0.25) is 0 Å². The first kappa shape index (κ1) is 31.3. The second-order valence-electron chi connectivity index (χ2n) is 9.57. The summed E-state index contributed by atoms with van der Waals surface area (Å²) in [5.74, 6) is 3.96. The predicted molar refractivity (Wildman–Crippen MR) is 156 cm³/mol. The molecule has 0 atom stereocenters. The minimum absolute atomic E-state index is 0.254. The highest BCUT2D eigenvalue weighted by molar-refractivity contribution is 6.05. The summed E-state index contributed by atoms with van der Waals surface area (Å²) >= 11 is 0. The van der Waals surface area contributed by atoms with Gasteiger partial charge in [0.05, 0.1) is 22.6 Å². The highest BCUT2D eigenvalue weighted by Crippen LogP contribution is 2.36. The third-order valence-electron chi connectivity index (χ3n) is 6.56. The van der Waals surface area contributed by atoms with Crippen molar-refractivity contribution in [2.45, 2.75) is 26.4 Å². The number of rotatable bonds is 10. The Morgan fingerprint density at radius 3 is 2.54 bits per heavy atom. The molecule has 2 aromatic carbocycles. The number of nitrogens with one attached hydrogen (secondary N) is 1. The van der Waals surface area contributed by atoms with Gasteiger partial charge in [0.15, 0.2) is 5.82 Å². The van der Waals surface area contributed by atoms with Crippen molar-refractivity contribution in [3.05, 3.63) is 76.5 Å². The number of benzene rings is 2. The summed E-state index contributed by atoms with van der Waals surface area (Å²) in [6.07, 6.45) is 1.56. The van der Waals surface area contributed by atoms with Gasteiger partial charge in [0.1, 0.15) is 6.34 Å². The molecule has 0 aliphatic carbocycles. The Kier molecular flexibility index (Phi) is 10.2. The Balaban J connectivity index is 1.89. The topological polar surface area (TPSA) is 116 Å². The maximum absolute atomic E-state index is 15.0. The lowest BCUT2D eigenvalue weighted by Gasteiger charge is -2.25. The van der Waals surface area contributed by atoms with Crippen LogP contribution in [0.15, 0.2) is 64.0 Å². The largest absolute Gasteiger partial charge is 0.419 e. The van der Waals surface area contributed by atoms with Crippen LogP contribution in [0.25, 0.3) is 0 Å². The number of aryl methyl sites for hydroxylation is 1. The Bertz CT molecular complexity index is 1380. The number of hydrazine groups is 1. The van der Waals surface area contributed by atoms with E-state index in [4.69, 9.17) is 11.6 Å². The van der Waals surface area contributed by atoms with Crippen molar-refractivity contribution in [1.82, 2.24) is 4.90 Å². The molecular formula is C28H34F4N8O. The van der Waals surface area contributed by atoms with Gasteiger partial charge in [-0.1, -0.05) is 13.0 Å². The van der Waals surface area contributed by atoms with Crippen LogP contribution in [-0.2, 0) is 6.18 Å². The normalized spacial score (nSPS) is 13.7. The first-order valence-electron chi connectivity index (χ1n) is 12.8. The number of anilines is 3. The third-order valence-corrected chi connectivity index (χ3v) is 6.56. The van der Waals surface area contributed by atoms with Crippen LogP contribution in [0, 0.1) is 12.7 Å². The Hall–Kier alpha value is -4.23. The van der Waals surface area contributed by atoms with Gasteiger partial charge in [-0.3, -0.25) is 9.80 Å². The van der Waals surface area contributed by atoms with Crippen molar-refractivity contribution in [3.8, 4) is 0 Å². The van der Waals surface area contributed by atoms with Gasteiger partial charge in [0.2, 0.25) is 0 Å². The summed E-state index contributed by atoms with van der Waals surface area (Å²) in [7, 11) is 3.32. The van der Waals surface area contributed by atoms with Crippen LogP contribution >= 0.6 is 0 Å². The van der Waals surface area contributed by atoms with Crippen LogP contribution in [0.1, 0.15) is 34.8 Å². The molecule has 41 heavy (non-hydrogen) atoms. The molecule has 0 fully saturated rings. The molecule has 0 saturated carbocycles. The van der Waals surface area contributed by atoms with Crippen LogP contribution in [0.4, 0.5) is 34.6 Å². The fraction of sp³-hybridized carbons (Fsp3) is 0.321. The Labute approximate surface area is 236 Å². The number of nitrogens with zero attached hydrogens (tertiary/aromatic N) is 5. The molecule has 1 aliphatic heterocycles. The molecule has 2 aromatic rings. The lowest BCUT2D eigenvalue weighted by Crippen LogP contribution is -2.31. The van der Waals surface area contributed by atoms with Crippen molar-refractivity contribution in [2.75, 3.05) is 49.0 Å². The van der Waals surface area contributed by atoms with E-state index in [2.05, 4.69) is 15.3 Å². The number of alkyl halides is 3. The lowest BCUT2D eigenvalue weighted by atomic mass is 10.1. The molecule has 0 unspecified atom stereocenters. The summed E-state index contributed by atoms with van der Waals surface area (Å²) in [6.45, 7) is 5.18. The first-order chi connectivity index (χ1) is 19.3. The fourth-order valence-corrected chi connectivity index (χ4v) is 3.90. The zero-order valence-corrected chi connectivity index (χ0v) is 23.3. The van der Waals surface area contributed by atoms with E-state index in [1.807, 2.05) is 18.9 Å². The summed E-state index contributed by atoms with van der Waals surface area (Å²) in [5.41, 5.74) is 6.52. The van der Waals surface area contributed by atoms with E-state index in [1.165, 1.54) is 29.5 Å². The molecule has 1 amide bonds. The fourth-order valence-electron chi connectivity index (χ4n) is 3.90. The van der Waals surface area contributed by atoms with Crippen LogP contribution in [-0.4, -0.2) is 57.1 Å². The van der Waals surface area contributed by atoms with Gasteiger partial charge < -0.3 is 20.9 Å². The van der Waals surface area contributed by atoms with Gasteiger partial charge in [-0.15, -0.1) is 0 Å². The zero-order chi connectivity index (χ0) is 30.3. The molecule has 3 rings (SSSR count). The molecule has 1 heterocycles. The van der Waals surface area contributed by atoms with Gasteiger partial charge in [-0.2, -0.15) is 13.2 Å². The maximum Gasteiger partial charge on any atom is 0.419 e. The molecule has 0 saturated heterocycles. The van der Waals surface area contributed by atoms with Crippen molar-refractivity contribution in [1.29, 1.82) is 0 Å². The van der Waals surface area contributed by atoms with E-state index in [0.717, 1.165) is 18.2 Å². The average molecular weight is 575 g/mol. The Morgan fingerprint density at radius 2 is 1.85 bits per heavy atom. The molecular weight excluding hydrogens is 540 g/mol. The van der Waals surface area contributed by atoms with Gasteiger partial charge in [-0.05, 0) is 50.3 Å². The van der Waals surface area contributed by atoms with Crippen LogP contribution < -0.4 is 26.8 Å². The molecule has 9 nitrogen and oxygen atoms in total. The Morgan fingerprint density at radius 1 is 1.12 bits per heavy atom. The number of hydrogen-bond donors (Lipinski definition) is 3. The second kappa shape index (κ2) is 13.4. The summed E-state index contributed by atoms with van der Waals surface area (Å²) < 4.78 is 56.2. The minimum atomic E-state index is -5.00. The quantitative estimate of drug-likeness (QED) is 0.216. The highest BCUT2D eigenvalue weighted by Gasteiger charge is 2.37. The van der Waals surface area contributed by atoms with Crippen LogP contribution in [0.5, 0.6) is 0 Å². The standard InChI is InChI=1S/C28H34F4N8O/c1-5-38(3)10-11-39(4)25-13-20(12-22(26(25)29)28(30,31)32)27(41)37-21-7-6-18(2)24(14-21)40(34)16-23(33)19-8-9-35-17-36-15-19/h6-7,9,12-17H,5,8,10-11,33-34H2,1-4H3,(H,37,41)/b23-16-. The number of nitrogens with two attached hydrogens (primary N) is 2. The van der Waals surface area contributed by atoms with E-state index in [1.54, 1.807) is 37.5 Å². The SMILES string of the molecule is CCN(C)CCN(C)c1cc(C(=O)Nc2ccc(C)c(N(N)/C=C(\N)C3=CN=CN=CC3)c2)cc(C(F)(F)F)c1F. The summed E-state index contributed by atoms with van der Waals surface area (Å²) in [5, 5.41) is 3.86. The van der Waals surface area contributed by atoms with Gasteiger partial charge in [0.25, 0.3) is 5.91 Å². The predicted octanol–water partition coefficient (Wildman–Crippen LogP) is 4.66. The molecule has 13 heteroatoms. The third kappa shape index (κ3) is 8.14. The number of aliphatic imine (C=N–C) groups is 2. The molecule has 1 aliphatic rings.